The summed E-state index contributed by atoms with van der Waals surface area (Å²) in [5, 5.41) is 16.2. The van der Waals surface area contributed by atoms with Gasteiger partial charge in [0.25, 0.3) is 5.91 Å². The predicted octanol–water partition coefficient (Wildman–Crippen LogP) is 1.44. The minimum absolute atomic E-state index is 0.0160. The van der Waals surface area contributed by atoms with Gasteiger partial charge in [0, 0.05) is 32.1 Å². The van der Waals surface area contributed by atoms with E-state index < -0.39 is 36.8 Å². The molecule has 2 rings (SSSR count). The maximum atomic E-state index is 12.9. The van der Waals surface area contributed by atoms with Gasteiger partial charge in [0.2, 0.25) is 0 Å². The number of halogens is 4. The van der Waals surface area contributed by atoms with Crippen molar-refractivity contribution >= 4 is 5.91 Å². The van der Waals surface area contributed by atoms with Gasteiger partial charge in [-0.1, -0.05) is 5.16 Å². The second-order valence-corrected chi connectivity index (χ2v) is 5.87. The highest BCUT2D eigenvalue weighted by Crippen LogP contribution is 2.27. The van der Waals surface area contributed by atoms with E-state index in [0.29, 0.717) is 18.7 Å². The molecular weight excluding hydrogens is 334 g/mol. The number of nitrogens with one attached hydrogen (secondary N) is 1. The Kier molecular flexibility index (Phi) is 5.81. The zero-order valence-corrected chi connectivity index (χ0v) is 13.0. The van der Waals surface area contributed by atoms with Gasteiger partial charge in [0.05, 0.1) is 12.1 Å². The van der Waals surface area contributed by atoms with Gasteiger partial charge < -0.3 is 19.8 Å². The highest BCUT2D eigenvalue weighted by atomic mass is 19.3. The normalized spacial score (nSPS) is 22.8. The van der Waals surface area contributed by atoms with Crippen molar-refractivity contribution in [1.82, 2.24) is 15.4 Å². The molecule has 0 bridgehead atoms. The molecule has 2 atom stereocenters. The average molecular weight is 353 g/mol. The van der Waals surface area contributed by atoms with Crippen molar-refractivity contribution in [3.8, 4) is 0 Å². The van der Waals surface area contributed by atoms with E-state index in [-0.39, 0.29) is 18.8 Å². The molecule has 0 saturated carbocycles. The van der Waals surface area contributed by atoms with Gasteiger partial charge in [-0.3, -0.25) is 4.79 Å². The lowest BCUT2D eigenvalue weighted by Crippen LogP contribution is -2.54. The van der Waals surface area contributed by atoms with Crippen LogP contribution >= 0.6 is 0 Å². The molecule has 0 aromatic carbocycles. The minimum atomic E-state index is -4.04. The van der Waals surface area contributed by atoms with E-state index in [2.05, 4.69) is 10.5 Å². The second kappa shape index (κ2) is 7.47. The van der Waals surface area contributed by atoms with E-state index in [1.54, 1.807) is 6.92 Å². The number of rotatable bonds is 6. The molecule has 1 aliphatic rings. The summed E-state index contributed by atoms with van der Waals surface area (Å²) in [5.41, 5.74) is 0.0821. The summed E-state index contributed by atoms with van der Waals surface area (Å²) < 4.78 is 54.9. The fourth-order valence-corrected chi connectivity index (χ4v) is 2.50. The fourth-order valence-electron chi connectivity index (χ4n) is 2.50. The maximum Gasteiger partial charge on any atom is 0.308 e. The van der Waals surface area contributed by atoms with E-state index in [0.717, 1.165) is 0 Å². The SMILES string of the molecule is Cc1cc(C(=O)N[C@@H]2CCN(CCC(F)(F)C(F)F)C[C@H]2O)no1. The smallest absolute Gasteiger partial charge is 0.308 e. The zero-order valence-electron chi connectivity index (χ0n) is 13.0. The molecule has 1 fully saturated rings. The Hall–Kier alpha value is -1.68. The van der Waals surface area contributed by atoms with Crippen LogP contribution in [0.1, 0.15) is 29.1 Å². The molecule has 6 nitrogen and oxygen atoms in total. The number of hydrogen-bond donors (Lipinski definition) is 2. The number of carbonyl (C=O) groups excluding carboxylic acids is 1. The quantitative estimate of drug-likeness (QED) is 0.757. The average Bonchev–Trinajstić information content (AvgIpc) is 2.94. The summed E-state index contributed by atoms with van der Waals surface area (Å²) in [6.07, 6.45) is -5.36. The molecule has 1 aromatic heterocycles. The van der Waals surface area contributed by atoms with Crippen molar-refractivity contribution in [3.63, 3.8) is 0 Å². The van der Waals surface area contributed by atoms with E-state index in [4.69, 9.17) is 4.52 Å². The molecule has 0 aliphatic carbocycles. The van der Waals surface area contributed by atoms with Crippen molar-refractivity contribution in [3.05, 3.63) is 17.5 Å². The third-order valence-corrected chi connectivity index (χ3v) is 3.92. The molecule has 1 aromatic rings. The lowest BCUT2D eigenvalue weighted by atomic mass is 10.0. The topological polar surface area (TPSA) is 78.6 Å². The van der Waals surface area contributed by atoms with Crippen LogP contribution in [-0.4, -0.2) is 65.2 Å². The van der Waals surface area contributed by atoms with Gasteiger partial charge in [0.1, 0.15) is 5.76 Å². The van der Waals surface area contributed by atoms with Gasteiger partial charge in [-0.15, -0.1) is 0 Å². The number of aliphatic hydroxyl groups is 1. The van der Waals surface area contributed by atoms with Crippen molar-refractivity contribution in [2.75, 3.05) is 19.6 Å². The zero-order chi connectivity index (χ0) is 17.9. The van der Waals surface area contributed by atoms with E-state index in [9.17, 15) is 27.5 Å². The van der Waals surface area contributed by atoms with Gasteiger partial charge >= 0.3 is 12.3 Å². The van der Waals surface area contributed by atoms with Crippen LogP contribution in [0.25, 0.3) is 0 Å². The lowest BCUT2D eigenvalue weighted by molar-refractivity contribution is -0.137. The molecule has 1 amide bonds. The first kappa shape index (κ1) is 18.7. The largest absolute Gasteiger partial charge is 0.390 e. The molecule has 10 heteroatoms. The summed E-state index contributed by atoms with van der Waals surface area (Å²) in [6.45, 7) is 1.70. The molecule has 1 saturated heterocycles. The molecule has 0 spiro atoms. The monoisotopic (exact) mass is 353 g/mol. The van der Waals surface area contributed by atoms with Gasteiger partial charge in [-0.2, -0.15) is 0 Å². The van der Waals surface area contributed by atoms with Crippen LogP contribution < -0.4 is 5.32 Å². The number of β-amino-alcohol motifs (C(OH)–C–C–N with tert-alkyl or cyclic N) is 1. The standard InChI is InChI=1S/C14H19F4N3O3/c1-8-6-10(20-24-8)12(23)19-9-2-4-21(7-11(9)22)5-3-14(17,18)13(15)16/h6,9,11,13,22H,2-5,7H2,1H3,(H,19,23)/t9-,11-/m1/s1. The number of nitrogens with zero attached hydrogens (tertiary/aromatic N) is 2. The minimum Gasteiger partial charge on any atom is -0.390 e. The number of aliphatic hydroxyl groups excluding tert-OH is 1. The van der Waals surface area contributed by atoms with Crippen LogP contribution in [0.15, 0.2) is 10.6 Å². The van der Waals surface area contributed by atoms with Crippen molar-refractivity contribution < 1.29 is 32.0 Å². The maximum absolute atomic E-state index is 12.9. The van der Waals surface area contributed by atoms with Crippen LogP contribution in [0.4, 0.5) is 17.6 Å². The summed E-state index contributed by atoms with van der Waals surface area (Å²) in [6, 6.07) is 0.880. The number of hydrogen-bond acceptors (Lipinski definition) is 5. The summed E-state index contributed by atoms with van der Waals surface area (Å²) in [5.74, 6) is -4.08. The van der Waals surface area contributed by atoms with Crippen molar-refractivity contribution in [1.29, 1.82) is 0 Å². The second-order valence-electron chi connectivity index (χ2n) is 5.87. The number of likely N-dealkylation sites (tertiary alicyclic amines) is 1. The Balaban J connectivity index is 1.81. The first-order chi connectivity index (χ1) is 11.2. The molecule has 0 radical (unpaired) electrons. The van der Waals surface area contributed by atoms with Crippen molar-refractivity contribution in [2.24, 2.45) is 0 Å². The highest BCUT2D eigenvalue weighted by Gasteiger charge is 2.41. The fraction of sp³-hybridized carbons (Fsp3) is 0.714. The molecule has 2 heterocycles. The highest BCUT2D eigenvalue weighted by molar-refractivity contribution is 5.92. The van der Waals surface area contributed by atoms with Crippen LogP contribution in [0.3, 0.4) is 0 Å². The van der Waals surface area contributed by atoms with Crippen LogP contribution in [0, 0.1) is 6.92 Å². The summed E-state index contributed by atoms with van der Waals surface area (Å²) in [4.78, 5) is 13.4. The Bertz CT molecular complexity index is 567. The molecule has 1 aliphatic heterocycles. The molecule has 2 N–H and O–H groups in total. The number of alkyl halides is 4. The Morgan fingerprint density at radius 2 is 2.29 bits per heavy atom. The van der Waals surface area contributed by atoms with Gasteiger partial charge in [0.15, 0.2) is 5.69 Å². The molecule has 24 heavy (non-hydrogen) atoms. The summed E-state index contributed by atoms with van der Waals surface area (Å²) >= 11 is 0. The van der Waals surface area contributed by atoms with Gasteiger partial charge in [-0.05, 0) is 13.3 Å². The Labute approximate surface area is 135 Å². The third kappa shape index (κ3) is 4.67. The Morgan fingerprint density at radius 3 is 2.83 bits per heavy atom. The number of piperidine rings is 1. The number of carbonyl (C=O) groups is 1. The van der Waals surface area contributed by atoms with Crippen molar-refractivity contribution in [2.45, 2.75) is 44.3 Å². The van der Waals surface area contributed by atoms with Crippen LogP contribution in [-0.2, 0) is 0 Å². The first-order valence-electron chi connectivity index (χ1n) is 7.49. The van der Waals surface area contributed by atoms with E-state index >= 15 is 0 Å². The summed E-state index contributed by atoms with van der Waals surface area (Å²) in [7, 11) is 0. The number of aromatic nitrogens is 1. The third-order valence-electron chi connectivity index (χ3n) is 3.92. The number of aryl methyl sites for hydroxylation is 1. The van der Waals surface area contributed by atoms with E-state index in [1.165, 1.54) is 11.0 Å². The Morgan fingerprint density at radius 1 is 1.58 bits per heavy atom. The van der Waals surface area contributed by atoms with Crippen LogP contribution in [0.5, 0.6) is 0 Å². The lowest BCUT2D eigenvalue weighted by Gasteiger charge is -2.36. The van der Waals surface area contributed by atoms with Crippen LogP contribution in [0.2, 0.25) is 0 Å². The van der Waals surface area contributed by atoms with E-state index in [1.807, 2.05) is 0 Å². The predicted molar refractivity (Wildman–Crippen MR) is 75.1 cm³/mol. The molecule has 136 valence electrons. The molecule has 0 unspecified atom stereocenters. The first-order valence-corrected chi connectivity index (χ1v) is 7.49. The van der Waals surface area contributed by atoms with Gasteiger partial charge in [-0.25, -0.2) is 17.6 Å². The molecular formula is C14H19F4N3O3. The number of amides is 1.